The molecule has 5 heterocycles. The first kappa shape index (κ1) is 53.8. The van der Waals surface area contributed by atoms with E-state index >= 15 is 0 Å². The normalized spacial score (nSPS) is 38.5. The van der Waals surface area contributed by atoms with E-state index in [9.17, 15) is 0 Å². The van der Waals surface area contributed by atoms with Crippen LogP contribution in [0.4, 0.5) is 0 Å². The Morgan fingerprint density at radius 3 is 1.84 bits per heavy atom. The molecule has 5 fully saturated rings. The maximum atomic E-state index is 7.59. The van der Waals surface area contributed by atoms with Crippen LogP contribution < -0.4 is 0 Å². The van der Waals surface area contributed by atoms with Crippen molar-refractivity contribution in [1.82, 2.24) is 0 Å². The highest BCUT2D eigenvalue weighted by Gasteiger charge is 2.60. The minimum absolute atomic E-state index is 0.00476. The van der Waals surface area contributed by atoms with Crippen molar-refractivity contribution in [3.63, 3.8) is 0 Å². The van der Waals surface area contributed by atoms with Crippen LogP contribution in [0.5, 0.6) is 0 Å². The van der Waals surface area contributed by atoms with Gasteiger partial charge in [0.2, 0.25) is 0 Å². The van der Waals surface area contributed by atoms with E-state index in [1.54, 1.807) is 0 Å². The number of rotatable bonds is 21. The van der Waals surface area contributed by atoms with Gasteiger partial charge in [-0.1, -0.05) is 75.3 Å². The van der Waals surface area contributed by atoms with Gasteiger partial charge < -0.3 is 37.0 Å². The Balaban J connectivity index is 1.42. The Morgan fingerprint density at radius 2 is 1.24 bits per heavy atom. The fourth-order valence-corrected chi connectivity index (χ4v) is 21.4. The van der Waals surface area contributed by atoms with Crippen LogP contribution in [0.25, 0.3) is 0 Å². The van der Waals surface area contributed by atoms with Gasteiger partial charge in [0.05, 0.1) is 65.6 Å². The van der Waals surface area contributed by atoms with Gasteiger partial charge in [0.25, 0.3) is 0 Å². The first-order valence-corrected chi connectivity index (χ1v) is 34.7. The van der Waals surface area contributed by atoms with Gasteiger partial charge in [-0.2, -0.15) is 0 Å². The van der Waals surface area contributed by atoms with E-state index < -0.39 is 36.2 Å². The van der Waals surface area contributed by atoms with Crippen molar-refractivity contribution in [2.75, 3.05) is 6.61 Å². The van der Waals surface area contributed by atoms with E-state index in [0.29, 0.717) is 5.92 Å². The predicted molar refractivity (Wildman–Crippen MR) is 272 cm³/mol. The van der Waals surface area contributed by atoms with Gasteiger partial charge >= 0.3 is 0 Å². The standard InChI is InChI=1S/C50H95IO8Si3/c1-15-60(16-2,17-3)52-33-25-28-44-49(13,59-62(21-7,22-8)23-9)32-30-41-40(53-44)29-31-48(12)46(54-41)35-42-47(57-48)43(58-61(18-4,19-5)20-6)36-50(14)45(55-42)34-37(10)39(56-50)27-24-26-38(11)51/h26,37,39-47H,15-25,27-36H2,1-14H3/b38-26-/t37-,39-,40-,41+,42+,43-,44+,45-,46-,47+,48+,49+,50+/m0/s1. The molecule has 0 unspecified atom stereocenters. The fourth-order valence-electron chi connectivity index (χ4n) is 12.4. The van der Waals surface area contributed by atoms with Crippen molar-refractivity contribution in [1.29, 1.82) is 0 Å². The van der Waals surface area contributed by atoms with Crippen LogP contribution in [0.2, 0.25) is 54.4 Å². The Hall–Kier alpha value is 0.801. The average molecular weight is 1040 g/mol. The van der Waals surface area contributed by atoms with Crippen molar-refractivity contribution in [2.24, 2.45) is 5.92 Å². The molecular formula is C50H95IO8Si3. The Labute approximate surface area is 398 Å². The molecule has 0 radical (unpaired) electrons. The molecule has 0 spiro atoms. The molecule has 0 aromatic carbocycles. The van der Waals surface area contributed by atoms with Gasteiger partial charge in [0.15, 0.2) is 25.0 Å². The lowest BCUT2D eigenvalue weighted by molar-refractivity contribution is -0.272. The van der Waals surface area contributed by atoms with E-state index in [1.807, 2.05) is 0 Å². The summed E-state index contributed by atoms with van der Waals surface area (Å²) in [6.07, 6.45) is 12.3. The molecule has 62 heavy (non-hydrogen) atoms. The Morgan fingerprint density at radius 1 is 0.677 bits per heavy atom. The van der Waals surface area contributed by atoms with Crippen LogP contribution >= 0.6 is 22.6 Å². The molecule has 0 saturated carbocycles. The average Bonchev–Trinajstić information content (AvgIpc) is 3.53. The number of hydrogen-bond donors (Lipinski definition) is 0. The van der Waals surface area contributed by atoms with Crippen molar-refractivity contribution in [2.45, 2.75) is 294 Å². The number of ether oxygens (including phenoxy) is 5. The molecule has 0 aliphatic carbocycles. The summed E-state index contributed by atoms with van der Waals surface area (Å²) in [5.41, 5.74) is -1.28. The van der Waals surface area contributed by atoms with Crippen LogP contribution in [0, 0.1) is 5.92 Å². The van der Waals surface area contributed by atoms with Gasteiger partial charge in [-0.3, -0.25) is 0 Å². The monoisotopic (exact) mass is 1030 g/mol. The van der Waals surface area contributed by atoms with E-state index in [2.05, 4.69) is 126 Å². The minimum Gasteiger partial charge on any atom is -0.417 e. The molecule has 5 aliphatic rings. The third-order valence-corrected chi connectivity index (χ3v) is 32.3. The van der Waals surface area contributed by atoms with Crippen molar-refractivity contribution in [3.8, 4) is 0 Å². The molecule has 8 nitrogen and oxygen atoms in total. The second-order valence-corrected chi connectivity index (χ2v) is 37.1. The smallest absolute Gasteiger partial charge is 0.192 e. The quantitative estimate of drug-likeness (QED) is 0.0640. The third-order valence-electron chi connectivity index (χ3n) is 17.7. The zero-order valence-electron chi connectivity index (χ0n) is 42.3. The summed E-state index contributed by atoms with van der Waals surface area (Å²) in [6.45, 7) is 33.5. The zero-order chi connectivity index (χ0) is 45.6. The predicted octanol–water partition coefficient (Wildman–Crippen LogP) is 14.1. The number of allylic oxidation sites excluding steroid dienone is 2. The highest BCUT2D eigenvalue weighted by molar-refractivity contribution is 14.1. The van der Waals surface area contributed by atoms with Crippen LogP contribution in [0.1, 0.15) is 168 Å². The Bertz CT molecular complexity index is 1380. The molecule has 0 aromatic rings. The Kier molecular flexibility index (Phi) is 19.9. The van der Waals surface area contributed by atoms with Crippen molar-refractivity contribution >= 4 is 47.5 Å². The number of hydrogen-bond acceptors (Lipinski definition) is 8. The summed E-state index contributed by atoms with van der Waals surface area (Å²) in [7, 11) is -5.61. The van der Waals surface area contributed by atoms with Crippen LogP contribution in [-0.4, -0.2) is 103 Å². The number of fused-ring (bicyclic) bond motifs is 4. The molecule has 5 saturated heterocycles. The van der Waals surface area contributed by atoms with Crippen LogP contribution in [-0.2, 0) is 37.0 Å². The summed E-state index contributed by atoms with van der Waals surface area (Å²) in [5, 5.41) is 0. The summed E-state index contributed by atoms with van der Waals surface area (Å²) in [5.74, 6) is 0.413. The van der Waals surface area contributed by atoms with Gasteiger partial charge in [-0.15, -0.1) is 0 Å². The SMILES string of the molecule is CC[Si](CC)(CC)OCCC[C@H]1O[C@H]2CC[C@@]3(C)O[C@H]4[C@@H](O[Si](CC)(CC)CC)C[C@@]5(C)O[C@@H](CC/C=C(/C)I)[C@@H](C)C[C@@H]5O[C@@H]4C[C@@H]3O[C@@H]2CC[C@@]1(C)O[Si](CC)(CC)CC. The lowest BCUT2D eigenvalue weighted by Gasteiger charge is -2.50. The zero-order valence-corrected chi connectivity index (χ0v) is 47.5. The van der Waals surface area contributed by atoms with Crippen LogP contribution in [0.15, 0.2) is 9.66 Å². The molecule has 0 bridgehead atoms. The lowest BCUT2D eigenvalue weighted by atomic mass is 9.79. The molecule has 5 aliphatic heterocycles. The van der Waals surface area contributed by atoms with Gasteiger partial charge in [0, 0.05) is 19.4 Å². The van der Waals surface area contributed by atoms with E-state index in [-0.39, 0.29) is 60.5 Å². The highest BCUT2D eigenvalue weighted by Crippen LogP contribution is 2.51. The second kappa shape index (κ2) is 22.9. The maximum absolute atomic E-state index is 7.59. The summed E-state index contributed by atoms with van der Waals surface area (Å²) >= 11 is 2.42. The van der Waals surface area contributed by atoms with Crippen molar-refractivity contribution < 1.29 is 37.0 Å². The fraction of sp³-hybridized carbons (Fsp3) is 0.960. The topological polar surface area (TPSA) is 73.8 Å². The second-order valence-electron chi connectivity index (χ2n) is 21.2. The molecule has 362 valence electrons. The summed E-state index contributed by atoms with van der Waals surface area (Å²) in [6, 6.07) is 10.3. The lowest BCUT2D eigenvalue weighted by Crippen LogP contribution is -2.60. The molecule has 5 rings (SSSR count). The summed E-state index contributed by atoms with van der Waals surface area (Å²) in [4.78, 5) is 0. The first-order chi connectivity index (χ1) is 29.4. The van der Waals surface area contributed by atoms with E-state index in [4.69, 9.17) is 37.0 Å². The summed E-state index contributed by atoms with van der Waals surface area (Å²) < 4.78 is 60.5. The molecular weight excluding hydrogens is 940 g/mol. The largest absolute Gasteiger partial charge is 0.417 e. The molecule has 0 aromatic heterocycles. The molecule has 13 atom stereocenters. The molecule has 12 heteroatoms. The van der Waals surface area contributed by atoms with Crippen molar-refractivity contribution in [3.05, 3.63) is 9.66 Å². The van der Waals surface area contributed by atoms with E-state index in [0.717, 1.165) is 114 Å². The first-order valence-electron chi connectivity index (χ1n) is 26.1. The van der Waals surface area contributed by atoms with Crippen LogP contribution in [0.3, 0.4) is 0 Å². The molecule has 0 N–H and O–H groups in total. The third kappa shape index (κ3) is 12.1. The maximum Gasteiger partial charge on any atom is 0.192 e. The number of halogens is 1. The van der Waals surface area contributed by atoms with E-state index in [1.165, 1.54) is 21.7 Å². The minimum atomic E-state index is -2.01. The van der Waals surface area contributed by atoms with Gasteiger partial charge in [-0.05, 0) is 172 Å². The molecule has 0 amide bonds. The van der Waals surface area contributed by atoms with Gasteiger partial charge in [-0.25, -0.2) is 0 Å². The van der Waals surface area contributed by atoms with Gasteiger partial charge in [0.1, 0.15) is 6.10 Å². The highest BCUT2D eigenvalue weighted by atomic mass is 127.